The molecule has 4 nitrogen and oxygen atoms in total. The van der Waals surface area contributed by atoms with Gasteiger partial charge in [0.25, 0.3) is 0 Å². The van der Waals surface area contributed by atoms with Crippen molar-refractivity contribution in [1.82, 2.24) is 5.32 Å². The van der Waals surface area contributed by atoms with Crippen LogP contribution in [0.2, 0.25) is 0 Å². The van der Waals surface area contributed by atoms with Crippen LogP contribution in [0.15, 0.2) is 24.3 Å². The number of hydrogen-bond acceptors (Lipinski definition) is 3. The van der Waals surface area contributed by atoms with Gasteiger partial charge in [-0.15, -0.1) is 12.4 Å². The monoisotopic (exact) mass is 326 g/mol. The maximum Gasteiger partial charge on any atom is 0.240 e. The molecule has 1 aromatic carbocycles. The predicted molar refractivity (Wildman–Crippen MR) is 90.9 cm³/mol. The normalized spacial score (nSPS) is 16.1. The van der Waals surface area contributed by atoms with E-state index in [0.717, 1.165) is 49.8 Å². The summed E-state index contributed by atoms with van der Waals surface area (Å²) < 4.78 is 5.60. The van der Waals surface area contributed by atoms with E-state index in [1.165, 1.54) is 0 Å². The summed E-state index contributed by atoms with van der Waals surface area (Å²) >= 11 is 0. The van der Waals surface area contributed by atoms with Crippen LogP contribution in [0.3, 0.4) is 0 Å². The maximum atomic E-state index is 12.2. The van der Waals surface area contributed by atoms with Crippen molar-refractivity contribution >= 4 is 18.3 Å². The van der Waals surface area contributed by atoms with Gasteiger partial charge in [-0.1, -0.05) is 44.0 Å². The Labute approximate surface area is 139 Å². The molecule has 0 radical (unpaired) electrons. The van der Waals surface area contributed by atoms with Gasteiger partial charge >= 0.3 is 0 Å². The minimum atomic E-state index is -0.659. The highest BCUT2D eigenvalue weighted by Gasteiger charge is 2.36. The van der Waals surface area contributed by atoms with Gasteiger partial charge < -0.3 is 15.8 Å². The van der Waals surface area contributed by atoms with Crippen LogP contribution in [-0.4, -0.2) is 18.1 Å². The number of rotatable bonds is 7. The fourth-order valence-electron chi connectivity index (χ4n) is 2.78. The van der Waals surface area contributed by atoms with E-state index in [-0.39, 0.29) is 18.3 Å². The molecule has 0 heterocycles. The van der Waals surface area contributed by atoms with Crippen molar-refractivity contribution in [2.24, 2.45) is 5.73 Å². The second kappa shape index (κ2) is 9.13. The molecule has 1 saturated carbocycles. The quantitative estimate of drug-likeness (QED) is 0.757. The van der Waals surface area contributed by atoms with Crippen LogP contribution in [-0.2, 0) is 22.7 Å². The van der Waals surface area contributed by atoms with Crippen molar-refractivity contribution in [3.8, 4) is 0 Å². The molecule has 0 spiro atoms. The fraction of sp³-hybridized carbons (Fsp3) is 0.588. The first-order valence-corrected chi connectivity index (χ1v) is 7.87. The van der Waals surface area contributed by atoms with E-state index >= 15 is 0 Å². The van der Waals surface area contributed by atoms with Crippen molar-refractivity contribution in [1.29, 1.82) is 0 Å². The molecule has 0 aromatic heterocycles. The van der Waals surface area contributed by atoms with Gasteiger partial charge in [-0.05, 0) is 30.4 Å². The lowest BCUT2D eigenvalue weighted by Gasteiger charge is -2.22. The highest BCUT2D eigenvalue weighted by Crippen LogP contribution is 2.27. The minimum absolute atomic E-state index is 0. The number of halogens is 1. The van der Waals surface area contributed by atoms with E-state index in [4.69, 9.17) is 10.5 Å². The van der Waals surface area contributed by atoms with Crippen LogP contribution in [0.1, 0.15) is 50.2 Å². The Hall–Kier alpha value is -1.10. The van der Waals surface area contributed by atoms with Gasteiger partial charge in [0, 0.05) is 13.2 Å². The molecule has 124 valence electrons. The summed E-state index contributed by atoms with van der Waals surface area (Å²) in [4.78, 5) is 12.2. The number of carbonyl (C=O) groups is 1. The van der Waals surface area contributed by atoms with Gasteiger partial charge in [-0.3, -0.25) is 4.79 Å². The molecule has 3 N–H and O–H groups in total. The zero-order valence-corrected chi connectivity index (χ0v) is 14.1. The number of benzene rings is 1. The van der Waals surface area contributed by atoms with Gasteiger partial charge in [0.05, 0.1) is 12.1 Å². The smallest absolute Gasteiger partial charge is 0.240 e. The highest BCUT2D eigenvalue weighted by atomic mass is 35.5. The van der Waals surface area contributed by atoms with Crippen LogP contribution < -0.4 is 11.1 Å². The lowest BCUT2D eigenvalue weighted by molar-refractivity contribution is -0.126. The van der Waals surface area contributed by atoms with Gasteiger partial charge in [-0.25, -0.2) is 0 Å². The SMILES string of the molecule is CCCOCc1ccccc1CNC(=O)C1(N)CCCC1.Cl. The molecule has 5 heteroatoms. The molecule has 22 heavy (non-hydrogen) atoms. The maximum absolute atomic E-state index is 12.2. The summed E-state index contributed by atoms with van der Waals surface area (Å²) in [5, 5.41) is 2.99. The van der Waals surface area contributed by atoms with E-state index in [9.17, 15) is 4.79 Å². The molecular formula is C17H27ClN2O2. The molecule has 0 unspecified atom stereocenters. The first kappa shape index (κ1) is 18.9. The lowest BCUT2D eigenvalue weighted by Crippen LogP contribution is -2.51. The second-order valence-electron chi connectivity index (χ2n) is 5.87. The fourth-order valence-corrected chi connectivity index (χ4v) is 2.78. The number of hydrogen-bond donors (Lipinski definition) is 2. The van der Waals surface area contributed by atoms with Gasteiger partial charge in [0.2, 0.25) is 5.91 Å². The molecule has 1 fully saturated rings. The summed E-state index contributed by atoms with van der Waals surface area (Å²) in [6, 6.07) is 8.06. The average Bonchev–Trinajstić information content (AvgIpc) is 2.94. The molecule has 1 aliphatic rings. The summed E-state index contributed by atoms with van der Waals surface area (Å²) in [6.45, 7) is 3.96. The molecule has 0 saturated heterocycles. The second-order valence-corrected chi connectivity index (χ2v) is 5.87. The molecular weight excluding hydrogens is 300 g/mol. The van der Waals surface area contributed by atoms with E-state index in [1.54, 1.807) is 0 Å². The largest absolute Gasteiger partial charge is 0.377 e. The van der Waals surface area contributed by atoms with Gasteiger partial charge in [-0.2, -0.15) is 0 Å². The lowest BCUT2D eigenvalue weighted by atomic mass is 9.98. The molecule has 1 aromatic rings. The Balaban J connectivity index is 0.00000242. The number of nitrogens with one attached hydrogen (secondary N) is 1. The van der Waals surface area contributed by atoms with Crippen molar-refractivity contribution in [2.45, 2.75) is 57.7 Å². The number of ether oxygens (including phenoxy) is 1. The Morgan fingerprint density at radius 3 is 2.55 bits per heavy atom. The third-order valence-electron chi connectivity index (χ3n) is 4.11. The first-order valence-electron chi connectivity index (χ1n) is 7.87. The number of carbonyl (C=O) groups excluding carboxylic acids is 1. The Bertz CT molecular complexity index is 473. The number of amides is 1. The van der Waals surface area contributed by atoms with E-state index in [2.05, 4.69) is 12.2 Å². The van der Waals surface area contributed by atoms with Crippen LogP contribution >= 0.6 is 12.4 Å². The molecule has 1 amide bonds. The minimum Gasteiger partial charge on any atom is -0.377 e. The van der Waals surface area contributed by atoms with Gasteiger partial charge in [0.15, 0.2) is 0 Å². The van der Waals surface area contributed by atoms with Crippen LogP contribution in [0.4, 0.5) is 0 Å². The standard InChI is InChI=1S/C17H26N2O2.ClH/c1-2-11-21-13-15-8-4-3-7-14(15)12-19-16(20)17(18)9-5-6-10-17;/h3-4,7-8H,2,5-6,9-13,18H2,1H3,(H,19,20);1H. The summed E-state index contributed by atoms with van der Waals surface area (Å²) in [5.41, 5.74) is 7.74. The highest BCUT2D eigenvalue weighted by molar-refractivity contribution is 5.86. The summed E-state index contributed by atoms with van der Waals surface area (Å²) in [6.07, 6.45) is 4.69. The summed E-state index contributed by atoms with van der Waals surface area (Å²) in [7, 11) is 0. The summed E-state index contributed by atoms with van der Waals surface area (Å²) in [5.74, 6) is -0.0238. The van der Waals surface area contributed by atoms with Crippen molar-refractivity contribution in [2.75, 3.05) is 6.61 Å². The molecule has 0 atom stereocenters. The third kappa shape index (κ3) is 4.97. The van der Waals surface area contributed by atoms with E-state index in [1.807, 2.05) is 24.3 Å². The topological polar surface area (TPSA) is 64.3 Å². The van der Waals surface area contributed by atoms with E-state index < -0.39 is 5.54 Å². The van der Waals surface area contributed by atoms with Crippen LogP contribution in [0.25, 0.3) is 0 Å². The van der Waals surface area contributed by atoms with Crippen LogP contribution in [0.5, 0.6) is 0 Å². The molecule has 1 aliphatic carbocycles. The van der Waals surface area contributed by atoms with Crippen molar-refractivity contribution < 1.29 is 9.53 Å². The van der Waals surface area contributed by atoms with Crippen molar-refractivity contribution in [3.63, 3.8) is 0 Å². The zero-order valence-electron chi connectivity index (χ0n) is 13.3. The molecule has 0 bridgehead atoms. The Morgan fingerprint density at radius 1 is 1.27 bits per heavy atom. The average molecular weight is 327 g/mol. The number of nitrogens with two attached hydrogens (primary N) is 1. The molecule has 0 aliphatic heterocycles. The first-order chi connectivity index (χ1) is 10.2. The van der Waals surface area contributed by atoms with E-state index in [0.29, 0.717) is 13.2 Å². The Morgan fingerprint density at radius 2 is 1.91 bits per heavy atom. The molecule has 2 rings (SSSR count). The zero-order chi connectivity index (χ0) is 15.1. The third-order valence-corrected chi connectivity index (χ3v) is 4.11. The van der Waals surface area contributed by atoms with Crippen LogP contribution in [0, 0.1) is 0 Å². The Kier molecular flexibility index (Phi) is 7.87. The predicted octanol–water partition coefficient (Wildman–Crippen LogP) is 2.92. The van der Waals surface area contributed by atoms with Gasteiger partial charge in [0.1, 0.15) is 0 Å². The van der Waals surface area contributed by atoms with Crippen molar-refractivity contribution in [3.05, 3.63) is 35.4 Å².